The first-order valence-corrected chi connectivity index (χ1v) is 14.2. The zero-order chi connectivity index (χ0) is 28.5. The van der Waals surface area contributed by atoms with Crippen molar-refractivity contribution in [2.45, 2.75) is 46.1 Å². The number of thiophene rings is 1. The molecule has 40 heavy (non-hydrogen) atoms. The van der Waals surface area contributed by atoms with Gasteiger partial charge in [-0.2, -0.15) is 0 Å². The van der Waals surface area contributed by atoms with Crippen LogP contribution in [0, 0.1) is 5.92 Å². The van der Waals surface area contributed by atoms with Gasteiger partial charge in [0, 0.05) is 18.0 Å². The van der Waals surface area contributed by atoms with Crippen molar-refractivity contribution in [3.63, 3.8) is 0 Å². The molecular weight excluding hydrogens is 528 g/mol. The molecule has 9 heteroatoms. The highest BCUT2D eigenvalue weighted by atomic mass is 32.1. The first kappa shape index (κ1) is 28.8. The van der Waals surface area contributed by atoms with E-state index in [1.54, 1.807) is 41.8 Å². The molecule has 1 aromatic heterocycles. The van der Waals surface area contributed by atoms with E-state index in [2.05, 4.69) is 10.3 Å². The highest BCUT2D eigenvalue weighted by Crippen LogP contribution is 2.31. The summed E-state index contributed by atoms with van der Waals surface area (Å²) in [6.07, 6.45) is 5.75. The zero-order valence-electron chi connectivity index (χ0n) is 22.8. The number of hydrogen-bond donors (Lipinski definition) is 1. The van der Waals surface area contributed by atoms with Crippen molar-refractivity contribution in [3.05, 3.63) is 87.2 Å². The van der Waals surface area contributed by atoms with Crippen LogP contribution in [0.15, 0.2) is 70.7 Å². The van der Waals surface area contributed by atoms with Gasteiger partial charge in [-0.3, -0.25) is 4.79 Å². The number of amides is 1. The second kappa shape index (κ2) is 13.7. The molecule has 8 nitrogen and oxygen atoms in total. The normalized spacial score (nSPS) is 15.6. The molecule has 1 saturated carbocycles. The molecule has 0 unspecified atom stereocenters. The number of carbonyl (C=O) groups is 3. The number of rotatable bonds is 8. The van der Waals surface area contributed by atoms with E-state index in [9.17, 15) is 14.4 Å². The van der Waals surface area contributed by atoms with Gasteiger partial charge in [0.25, 0.3) is 0 Å². The number of nitrogens with zero attached hydrogens (tertiary/aromatic N) is 1. The van der Waals surface area contributed by atoms with Crippen molar-refractivity contribution in [3.8, 4) is 11.5 Å². The summed E-state index contributed by atoms with van der Waals surface area (Å²) in [7, 11) is 1.47. The molecule has 2 aromatic carbocycles. The first-order valence-electron chi connectivity index (χ1n) is 13.3. The Labute approximate surface area is 237 Å². The summed E-state index contributed by atoms with van der Waals surface area (Å²) in [4.78, 5) is 41.9. The van der Waals surface area contributed by atoms with E-state index in [4.69, 9.17) is 14.2 Å². The number of ether oxygens (including phenoxy) is 3. The summed E-state index contributed by atoms with van der Waals surface area (Å²) >= 11 is 1.29. The number of benzene rings is 2. The number of cyclic esters (lactones) is 1. The molecule has 0 bridgehead atoms. The quantitative estimate of drug-likeness (QED) is 0.201. The first-order chi connectivity index (χ1) is 19.5. The Hall–Kier alpha value is -4.24. The lowest BCUT2D eigenvalue weighted by atomic mass is 10.1. The predicted octanol–water partition coefficient (Wildman–Crippen LogP) is 6.15. The van der Waals surface area contributed by atoms with Crippen molar-refractivity contribution in [2.24, 2.45) is 10.9 Å². The van der Waals surface area contributed by atoms with Crippen molar-refractivity contribution >= 4 is 41.2 Å². The maximum Gasteiger partial charge on any atom is 0.363 e. The van der Waals surface area contributed by atoms with E-state index >= 15 is 0 Å². The van der Waals surface area contributed by atoms with Crippen LogP contribution in [0.4, 0.5) is 0 Å². The van der Waals surface area contributed by atoms with Gasteiger partial charge in [-0.25, -0.2) is 14.6 Å². The summed E-state index contributed by atoms with van der Waals surface area (Å²) in [5, 5.41) is 4.80. The Morgan fingerprint density at radius 1 is 1.07 bits per heavy atom. The number of nitrogens with one attached hydrogen (secondary N) is 1. The number of esters is 2. The topological polar surface area (TPSA) is 103 Å². The van der Waals surface area contributed by atoms with Crippen LogP contribution >= 0.6 is 11.3 Å². The van der Waals surface area contributed by atoms with Gasteiger partial charge < -0.3 is 19.5 Å². The molecule has 5 rings (SSSR count). The summed E-state index contributed by atoms with van der Waals surface area (Å²) in [6, 6.07) is 15.8. The van der Waals surface area contributed by atoms with Crippen LogP contribution in [-0.2, 0) is 20.9 Å². The fraction of sp³-hybridized carbons (Fsp3) is 0.290. The summed E-state index contributed by atoms with van der Waals surface area (Å²) < 4.78 is 16.2. The molecule has 1 fully saturated rings. The smallest absolute Gasteiger partial charge is 0.363 e. The lowest BCUT2D eigenvalue weighted by molar-refractivity contribution is -0.130. The summed E-state index contributed by atoms with van der Waals surface area (Å²) in [5.74, 6) is 0.0164. The second-order valence-corrected chi connectivity index (χ2v) is 9.96. The van der Waals surface area contributed by atoms with E-state index in [1.165, 1.54) is 18.4 Å². The number of carbonyl (C=O) groups excluding carboxylic acids is 3. The van der Waals surface area contributed by atoms with E-state index < -0.39 is 11.9 Å². The van der Waals surface area contributed by atoms with Crippen molar-refractivity contribution in [1.82, 2.24) is 5.32 Å². The average Bonchev–Trinajstić information content (AvgIpc) is 3.77. The second-order valence-electron chi connectivity index (χ2n) is 9.01. The lowest BCUT2D eigenvalue weighted by Crippen LogP contribution is -2.28. The number of aliphatic imine (C=N–C) groups is 1. The zero-order valence-corrected chi connectivity index (χ0v) is 23.6. The molecule has 0 spiro atoms. The minimum Gasteiger partial charge on any atom is -0.493 e. The van der Waals surface area contributed by atoms with Gasteiger partial charge in [-0.1, -0.05) is 51.0 Å². The molecule has 208 valence electrons. The van der Waals surface area contributed by atoms with Crippen molar-refractivity contribution in [1.29, 1.82) is 0 Å². The van der Waals surface area contributed by atoms with Crippen LogP contribution in [0.2, 0.25) is 0 Å². The summed E-state index contributed by atoms with van der Waals surface area (Å²) in [5.41, 5.74) is 2.37. The number of methoxy groups -OCH3 is 1. The maximum atomic E-state index is 12.5. The SMILES string of the molecule is CC.COc1cc(/C=C2/N=C(c3ccc(CNC(=O)C4CCCC4)cc3)OC2=O)ccc1OC(=O)c1cccs1. The highest BCUT2D eigenvalue weighted by Gasteiger charge is 2.25. The van der Waals surface area contributed by atoms with Crippen LogP contribution in [0.25, 0.3) is 6.08 Å². The fourth-order valence-electron chi connectivity index (χ4n) is 4.38. The largest absolute Gasteiger partial charge is 0.493 e. The van der Waals surface area contributed by atoms with Crippen LogP contribution in [0.3, 0.4) is 0 Å². The molecule has 2 heterocycles. The van der Waals surface area contributed by atoms with Gasteiger partial charge in [-0.15, -0.1) is 11.3 Å². The van der Waals surface area contributed by atoms with Crippen molar-refractivity contribution < 1.29 is 28.6 Å². The maximum absolute atomic E-state index is 12.5. The average molecular weight is 561 g/mol. The minimum atomic E-state index is -0.569. The van der Waals surface area contributed by atoms with Gasteiger partial charge in [0.05, 0.1) is 7.11 Å². The third-order valence-electron chi connectivity index (χ3n) is 6.43. The van der Waals surface area contributed by atoms with Crippen LogP contribution in [0.1, 0.15) is 65.9 Å². The molecule has 2 aliphatic rings. The molecule has 3 aromatic rings. The Morgan fingerprint density at radius 3 is 2.50 bits per heavy atom. The Morgan fingerprint density at radius 2 is 1.82 bits per heavy atom. The van der Waals surface area contributed by atoms with E-state index in [-0.39, 0.29) is 29.2 Å². The molecule has 1 amide bonds. The van der Waals surface area contributed by atoms with Crippen LogP contribution < -0.4 is 14.8 Å². The molecule has 0 saturated heterocycles. The molecule has 1 aliphatic heterocycles. The third kappa shape index (κ3) is 7.04. The monoisotopic (exact) mass is 560 g/mol. The Bertz CT molecular complexity index is 1400. The third-order valence-corrected chi connectivity index (χ3v) is 7.28. The molecule has 0 radical (unpaired) electrons. The fourth-order valence-corrected chi connectivity index (χ4v) is 4.98. The summed E-state index contributed by atoms with van der Waals surface area (Å²) in [6.45, 7) is 4.45. The minimum absolute atomic E-state index is 0.112. The van der Waals surface area contributed by atoms with Crippen LogP contribution in [-0.4, -0.2) is 30.9 Å². The molecular formula is C31H32N2O6S. The molecule has 1 N–H and O–H groups in total. The number of hydrogen-bond acceptors (Lipinski definition) is 8. The highest BCUT2D eigenvalue weighted by molar-refractivity contribution is 7.12. The van der Waals surface area contributed by atoms with Gasteiger partial charge in [0.1, 0.15) is 4.88 Å². The van der Waals surface area contributed by atoms with Gasteiger partial charge in [-0.05, 0) is 65.8 Å². The Kier molecular flexibility index (Phi) is 9.86. The van der Waals surface area contributed by atoms with E-state index in [1.807, 2.05) is 38.1 Å². The Balaban J connectivity index is 0.00000181. The van der Waals surface area contributed by atoms with Gasteiger partial charge >= 0.3 is 11.9 Å². The van der Waals surface area contributed by atoms with Crippen molar-refractivity contribution in [2.75, 3.05) is 7.11 Å². The molecule has 0 atom stereocenters. The van der Waals surface area contributed by atoms with Gasteiger partial charge in [0.15, 0.2) is 17.2 Å². The standard InChI is InChI=1S/C29H26N2O6S.C2H6/c1-35-24-16-19(10-13-23(24)36-29(34)25-7-4-14-38-25)15-22-28(33)37-27(31-22)21-11-8-18(9-12-21)17-30-26(32)20-5-2-3-6-20;1-2/h4,7-16,20H,2-3,5-6,17H2,1H3,(H,30,32);1-2H3/b22-15+;. The van der Waals surface area contributed by atoms with Crippen LogP contribution in [0.5, 0.6) is 11.5 Å². The predicted molar refractivity (Wildman–Crippen MR) is 154 cm³/mol. The van der Waals surface area contributed by atoms with Gasteiger partial charge in [0.2, 0.25) is 11.8 Å². The van der Waals surface area contributed by atoms with E-state index in [0.717, 1.165) is 31.2 Å². The molecule has 1 aliphatic carbocycles. The lowest BCUT2D eigenvalue weighted by Gasteiger charge is -2.10. The van der Waals surface area contributed by atoms with E-state index in [0.29, 0.717) is 28.3 Å².